The second kappa shape index (κ2) is 9.53. The molecule has 31 heavy (non-hydrogen) atoms. The molecule has 0 amide bonds. The van der Waals surface area contributed by atoms with Crippen molar-refractivity contribution in [1.82, 2.24) is 4.90 Å². The normalized spacial score (nSPS) is 24.3. The third kappa shape index (κ3) is 5.11. The molecule has 1 aromatic rings. The minimum absolute atomic E-state index is 0.0665. The van der Waals surface area contributed by atoms with Crippen LogP contribution in [0.2, 0.25) is 0 Å². The van der Waals surface area contributed by atoms with Crippen LogP contribution in [-0.2, 0) is 23.6 Å². The Hall–Kier alpha value is -1.53. The van der Waals surface area contributed by atoms with Gasteiger partial charge in [-0.3, -0.25) is 9.05 Å². The maximum absolute atomic E-state index is 13.2. The topological polar surface area (TPSA) is 66.5 Å². The van der Waals surface area contributed by atoms with Crippen molar-refractivity contribution < 1.29 is 27.6 Å². The van der Waals surface area contributed by atoms with E-state index < -0.39 is 7.82 Å². The van der Waals surface area contributed by atoms with Gasteiger partial charge in [0.05, 0.1) is 26.4 Å². The fraction of sp³-hybridized carbons (Fsp3) is 0.652. The molecule has 8 heteroatoms. The average molecular weight is 454 g/mol. The van der Waals surface area contributed by atoms with Gasteiger partial charge in [0.2, 0.25) is 0 Å². The summed E-state index contributed by atoms with van der Waals surface area (Å²) in [5.41, 5.74) is 1.15. The maximum atomic E-state index is 13.2. The van der Waals surface area contributed by atoms with Gasteiger partial charge in [-0.2, -0.15) is 0 Å². The molecule has 1 heterocycles. The number of hydrogen-bond donors (Lipinski definition) is 0. The third-order valence-electron chi connectivity index (χ3n) is 6.04. The van der Waals surface area contributed by atoms with Crippen LogP contribution in [0.15, 0.2) is 30.0 Å². The molecule has 1 fully saturated rings. The van der Waals surface area contributed by atoms with Gasteiger partial charge in [-0.15, -0.1) is 0 Å². The number of fused-ring (bicyclic) bond motifs is 1. The van der Waals surface area contributed by atoms with Gasteiger partial charge < -0.3 is 18.9 Å². The van der Waals surface area contributed by atoms with Gasteiger partial charge in [-0.25, -0.2) is 4.57 Å². The highest BCUT2D eigenvalue weighted by molar-refractivity contribution is 7.48. The fourth-order valence-corrected chi connectivity index (χ4v) is 6.29. The molecule has 2 aliphatic rings. The molecule has 1 aliphatic heterocycles. The third-order valence-corrected chi connectivity index (χ3v) is 7.85. The van der Waals surface area contributed by atoms with Crippen molar-refractivity contribution in [2.75, 3.05) is 27.8 Å². The first-order valence-corrected chi connectivity index (χ1v) is 12.4. The van der Waals surface area contributed by atoms with Gasteiger partial charge in [0.1, 0.15) is 5.76 Å². The highest BCUT2D eigenvalue weighted by Gasteiger charge is 2.50. The quantitative estimate of drug-likeness (QED) is 0.470. The lowest BCUT2D eigenvalue weighted by Gasteiger charge is -2.41. The molecule has 0 radical (unpaired) electrons. The summed E-state index contributed by atoms with van der Waals surface area (Å²) in [4.78, 5) is 2.35. The zero-order valence-electron chi connectivity index (χ0n) is 19.7. The molecule has 2 atom stereocenters. The van der Waals surface area contributed by atoms with Crippen LogP contribution >= 0.6 is 7.82 Å². The average Bonchev–Trinajstić information content (AvgIpc) is 3.03. The molecule has 2 unspecified atom stereocenters. The largest absolute Gasteiger partial charge is 0.530 e. The molecular formula is C23H36NO6P. The number of methoxy groups -OCH3 is 2. The fourth-order valence-electron chi connectivity index (χ4n) is 4.68. The van der Waals surface area contributed by atoms with E-state index in [9.17, 15) is 4.57 Å². The highest BCUT2D eigenvalue weighted by atomic mass is 31.2. The Kier molecular flexibility index (Phi) is 7.42. The zero-order chi connectivity index (χ0) is 22.8. The second-order valence-electron chi connectivity index (χ2n) is 8.90. The van der Waals surface area contributed by atoms with Gasteiger partial charge in [0, 0.05) is 17.9 Å². The number of likely N-dealkylation sites (tertiary alicyclic amines) is 1. The van der Waals surface area contributed by atoms with Crippen molar-refractivity contribution in [3.8, 4) is 11.5 Å². The predicted octanol–water partition coefficient (Wildman–Crippen LogP) is 5.30. The Morgan fingerprint density at radius 1 is 1.06 bits per heavy atom. The first-order chi connectivity index (χ1) is 14.6. The Balaban J connectivity index is 1.90. The summed E-state index contributed by atoms with van der Waals surface area (Å²) in [7, 11) is 1.74. The van der Waals surface area contributed by atoms with E-state index in [-0.39, 0.29) is 23.7 Å². The summed E-state index contributed by atoms with van der Waals surface area (Å²) >= 11 is 0. The van der Waals surface area contributed by atoms with Crippen LogP contribution < -0.4 is 9.47 Å². The second-order valence-corrected chi connectivity index (χ2v) is 10.4. The van der Waals surface area contributed by atoms with Crippen molar-refractivity contribution >= 4 is 7.82 Å². The number of benzene rings is 1. The van der Waals surface area contributed by atoms with E-state index in [0.29, 0.717) is 12.2 Å². The summed E-state index contributed by atoms with van der Waals surface area (Å²) in [6.45, 7) is 8.26. The summed E-state index contributed by atoms with van der Waals surface area (Å²) in [6, 6.07) is 6.38. The Morgan fingerprint density at radius 2 is 1.71 bits per heavy atom. The van der Waals surface area contributed by atoms with Crippen LogP contribution in [0.5, 0.6) is 11.5 Å². The first-order valence-electron chi connectivity index (χ1n) is 10.9. The van der Waals surface area contributed by atoms with Crippen molar-refractivity contribution in [1.29, 1.82) is 0 Å². The van der Waals surface area contributed by atoms with Gasteiger partial charge in [0.25, 0.3) is 0 Å². The van der Waals surface area contributed by atoms with E-state index in [4.69, 9.17) is 23.0 Å². The Labute approximate surface area is 186 Å². The van der Waals surface area contributed by atoms with Crippen molar-refractivity contribution in [2.45, 2.75) is 70.6 Å². The SMILES string of the molecule is COc1ccc(C23CC=C(OP(=O)(OC(C)C)OC(C)C)CC2N(C)CC3)cc1OC. The Bertz CT molecular complexity index is 840. The van der Waals surface area contributed by atoms with E-state index in [2.05, 4.69) is 24.1 Å². The molecule has 174 valence electrons. The summed E-state index contributed by atoms with van der Waals surface area (Å²) in [5, 5.41) is 0. The smallest absolute Gasteiger partial charge is 0.493 e. The minimum atomic E-state index is -3.70. The van der Waals surface area contributed by atoms with Gasteiger partial charge in [0.15, 0.2) is 11.5 Å². The standard InChI is InChI=1S/C23H36NO6P/c1-16(2)28-31(25,29-17(3)4)30-19-10-11-23(12-13-24(5)22(23)15-19)18-8-9-20(26-6)21(14-18)27-7/h8-10,14,16-17,22H,11-13,15H2,1-7H3. The lowest BCUT2D eigenvalue weighted by molar-refractivity contribution is 0.0811. The van der Waals surface area contributed by atoms with Crippen molar-refractivity contribution in [2.24, 2.45) is 0 Å². The number of hydrogen-bond acceptors (Lipinski definition) is 7. The van der Waals surface area contributed by atoms with Crippen LogP contribution in [0.1, 0.15) is 52.5 Å². The molecule has 0 N–H and O–H groups in total. The first kappa shape index (κ1) is 24.1. The van der Waals surface area contributed by atoms with E-state index in [0.717, 1.165) is 30.9 Å². The lowest BCUT2D eigenvalue weighted by Crippen LogP contribution is -2.43. The highest BCUT2D eigenvalue weighted by Crippen LogP contribution is 2.57. The van der Waals surface area contributed by atoms with Crippen LogP contribution in [0.3, 0.4) is 0 Å². The molecule has 1 saturated heterocycles. The van der Waals surface area contributed by atoms with E-state index >= 15 is 0 Å². The number of ether oxygens (including phenoxy) is 2. The number of nitrogens with zero attached hydrogens (tertiary/aromatic N) is 1. The molecule has 3 rings (SSSR count). The predicted molar refractivity (Wildman–Crippen MR) is 121 cm³/mol. The summed E-state index contributed by atoms with van der Waals surface area (Å²) in [5.74, 6) is 2.12. The van der Waals surface area contributed by atoms with Gasteiger partial charge in [-0.1, -0.05) is 6.07 Å². The van der Waals surface area contributed by atoms with E-state index in [1.54, 1.807) is 14.2 Å². The molecule has 0 aromatic heterocycles. The molecular weight excluding hydrogens is 417 g/mol. The van der Waals surface area contributed by atoms with Crippen molar-refractivity contribution in [3.05, 3.63) is 35.6 Å². The van der Waals surface area contributed by atoms with E-state index in [1.165, 1.54) is 5.56 Å². The van der Waals surface area contributed by atoms with E-state index in [1.807, 2.05) is 39.8 Å². The molecule has 1 aliphatic carbocycles. The molecule has 0 spiro atoms. The van der Waals surface area contributed by atoms with Crippen molar-refractivity contribution in [3.63, 3.8) is 0 Å². The maximum Gasteiger partial charge on any atom is 0.530 e. The number of allylic oxidation sites excluding steroid dienone is 1. The van der Waals surface area contributed by atoms with Gasteiger partial charge >= 0.3 is 7.82 Å². The molecule has 7 nitrogen and oxygen atoms in total. The number of rotatable bonds is 9. The summed E-state index contributed by atoms with van der Waals surface area (Å²) < 4.78 is 41.3. The minimum Gasteiger partial charge on any atom is -0.493 e. The molecule has 0 bridgehead atoms. The Morgan fingerprint density at radius 3 is 2.29 bits per heavy atom. The molecule has 0 saturated carbocycles. The lowest BCUT2D eigenvalue weighted by atomic mass is 9.68. The van der Waals surface area contributed by atoms with Crippen LogP contribution in [0.25, 0.3) is 0 Å². The number of phosphoric ester groups is 1. The molecule has 1 aromatic carbocycles. The van der Waals surface area contributed by atoms with Crippen LogP contribution in [-0.4, -0.2) is 51.0 Å². The number of phosphoric acid groups is 1. The van der Waals surface area contributed by atoms with Gasteiger partial charge in [-0.05, 0) is 77.9 Å². The van der Waals surface area contributed by atoms with Crippen LogP contribution in [0.4, 0.5) is 0 Å². The number of likely N-dealkylation sites (N-methyl/N-ethyl adjacent to an activating group) is 1. The monoisotopic (exact) mass is 453 g/mol. The summed E-state index contributed by atoms with van der Waals surface area (Å²) in [6.07, 6.45) is 3.94. The zero-order valence-corrected chi connectivity index (χ0v) is 20.6. The van der Waals surface area contributed by atoms with Crippen LogP contribution in [0, 0.1) is 0 Å².